The summed E-state index contributed by atoms with van der Waals surface area (Å²) < 4.78 is 30.2. The first-order valence-electron chi connectivity index (χ1n) is 9.18. The van der Waals surface area contributed by atoms with Gasteiger partial charge < -0.3 is 0 Å². The second-order valence-corrected chi connectivity index (χ2v) is 8.56. The van der Waals surface area contributed by atoms with Crippen molar-refractivity contribution in [3.63, 3.8) is 0 Å². The highest BCUT2D eigenvalue weighted by Crippen LogP contribution is 2.30. The van der Waals surface area contributed by atoms with E-state index in [0.29, 0.717) is 0 Å². The van der Waals surface area contributed by atoms with Gasteiger partial charge in [0.05, 0.1) is 17.1 Å². The van der Waals surface area contributed by atoms with Gasteiger partial charge >= 0.3 is 0 Å². The molecular weight excluding hydrogens is 360 g/mol. The Morgan fingerprint density at radius 3 is 2.33 bits per heavy atom. The normalized spacial score (nSPS) is 20.4. The smallest absolute Gasteiger partial charge is 0.240 e. The van der Waals surface area contributed by atoms with Crippen molar-refractivity contribution in [2.45, 2.75) is 42.7 Å². The lowest BCUT2D eigenvalue weighted by Gasteiger charge is -2.31. The zero-order chi connectivity index (χ0) is 18.7. The summed E-state index contributed by atoms with van der Waals surface area (Å²) >= 11 is 0. The fourth-order valence-corrected chi connectivity index (χ4v) is 4.94. The molecule has 7 heteroatoms. The van der Waals surface area contributed by atoms with Crippen LogP contribution >= 0.6 is 0 Å². The molecule has 3 aromatic rings. The van der Waals surface area contributed by atoms with E-state index in [-0.39, 0.29) is 17.0 Å². The lowest BCUT2D eigenvalue weighted by Crippen LogP contribution is -2.43. The van der Waals surface area contributed by atoms with Crippen LogP contribution in [0.3, 0.4) is 0 Å². The minimum Gasteiger partial charge on any atom is -0.247 e. The molecule has 2 atom stereocenters. The number of sulfonamides is 1. The molecule has 1 aliphatic rings. The Kier molecular flexibility index (Phi) is 5.05. The molecule has 140 valence electrons. The molecule has 1 fully saturated rings. The Hall–Kier alpha value is -2.51. The Bertz CT molecular complexity index is 987. The van der Waals surface area contributed by atoms with Gasteiger partial charge in [-0.25, -0.2) is 17.8 Å². The quantitative estimate of drug-likeness (QED) is 0.734. The van der Waals surface area contributed by atoms with E-state index in [1.165, 1.54) is 0 Å². The van der Waals surface area contributed by atoms with Crippen molar-refractivity contribution >= 4 is 10.0 Å². The Labute approximate surface area is 159 Å². The van der Waals surface area contributed by atoms with Gasteiger partial charge in [0.15, 0.2) is 0 Å². The van der Waals surface area contributed by atoms with Crippen LogP contribution in [0.15, 0.2) is 71.8 Å². The average Bonchev–Trinajstić information content (AvgIpc) is 3.20. The molecule has 0 spiro atoms. The third-order valence-electron chi connectivity index (χ3n) is 5.01. The summed E-state index contributed by atoms with van der Waals surface area (Å²) in [5, 5.41) is 8.59. The summed E-state index contributed by atoms with van der Waals surface area (Å²) in [6, 6.07) is 18.1. The van der Waals surface area contributed by atoms with Crippen LogP contribution in [0, 0.1) is 0 Å². The summed E-state index contributed by atoms with van der Waals surface area (Å²) in [5.41, 5.74) is 1.80. The summed E-state index contributed by atoms with van der Waals surface area (Å²) in [5.74, 6) is 0. The molecule has 1 aromatic heterocycles. The lowest BCUT2D eigenvalue weighted by molar-refractivity contribution is 0.267. The molecule has 6 nitrogen and oxygen atoms in total. The first-order valence-corrected chi connectivity index (χ1v) is 10.7. The number of hydrogen-bond acceptors (Lipinski definition) is 4. The van der Waals surface area contributed by atoms with Gasteiger partial charge in [-0.1, -0.05) is 66.6 Å². The lowest BCUT2D eigenvalue weighted by atomic mass is 9.91. The second kappa shape index (κ2) is 7.62. The van der Waals surface area contributed by atoms with Gasteiger partial charge in [-0.05, 0) is 25.0 Å². The summed E-state index contributed by atoms with van der Waals surface area (Å²) in [7, 11) is -3.56. The molecule has 0 amide bonds. The first kappa shape index (κ1) is 17.9. The standard InChI is InChI=1S/C20H22N4O2S/c25-27(26,17-11-5-2-6-12-17)22-18-13-7-8-14-20(18)24-15-19(21-23-24)16-9-3-1-4-10-16/h1-6,9-12,15,18,20,22H,7-8,13-14H2/t18-,20+/m0/s1. The van der Waals surface area contributed by atoms with Crippen molar-refractivity contribution in [1.82, 2.24) is 19.7 Å². The predicted molar refractivity (Wildman–Crippen MR) is 104 cm³/mol. The Morgan fingerprint density at radius 2 is 1.59 bits per heavy atom. The van der Waals surface area contributed by atoms with E-state index in [1.807, 2.05) is 47.3 Å². The average molecular weight is 382 g/mol. The van der Waals surface area contributed by atoms with Crippen LogP contribution in [0.5, 0.6) is 0 Å². The van der Waals surface area contributed by atoms with Crippen LogP contribution in [-0.4, -0.2) is 29.5 Å². The van der Waals surface area contributed by atoms with E-state index >= 15 is 0 Å². The van der Waals surface area contributed by atoms with E-state index < -0.39 is 10.0 Å². The highest BCUT2D eigenvalue weighted by molar-refractivity contribution is 7.89. The number of nitrogens with zero attached hydrogens (tertiary/aromatic N) is 3. The Morgan fingerprint density at radius 1 is 0.926 bits per heavy atom. The van der Waals surface area contributed by atoms with Crippen LogP contribution in [0.2, 0.25) is 0 Å². The number of aromatic nitrogens is 3. The van der Waals surface area contributed by atoms with Crippen LogP contribution in [0.4, 0.5) is 0 Å². The number of nitrogens with one attached hydrogen (secondary N) is 1. The second-order valence-electron chi connectivity index (χ2n) is 6.84. The monoisotopic (exact) mass is 382 g/mol. The molecule has 1 aliphatic carbocycles. The van der Waals surface area contributed by atoms with Gasteiger partial charge in [0.1, 0.15) is 5.69 Å². The van der Waals surface area contributed by atoms with Crippen LogP contribution < -0.4 is 4.72 Å². The third-order valence-corrected chi connectivity index (χ3v) is 6.51. The van der Waals surface area contributed by atoms with E-state index in [4.69, 9.17) is 0 Å². The van der Waals surface area contributed by atoms with E-state index in [9.17, 15) is 8.42 Å². The van der Waals surface area contributed by atoms with Crippen molar-refractivity contribution in [2.24, 2.45) is 0 Å². The fourth-order valence-electron chi connectivity index (χ4n) is 3.61. The van der Waals surface area contributed by atoms with E-state index in [0.717, 1.165) is 36.9 Å². The summed E-state index contributed by atoms with van der Waals surface area (Å²) in [6.07, 6.45) is 5.62. The van der Waals surface area contributed by atoms with Gasteiger partial charge in [0.2, 0.25) is 10.0 Å². The number of benzene rings is 2. The maximum Gasteiger partial charge on any atom is 0.240 e. The molecule has 0 saturated heterocycles. The minimum absolute atomic E-state index is 0.0396. The highest BCUT2D eigenvalue weighted by Gasteiger charge is 2.31. The SMILES string of the molecule is O=S(=O)(N[C@H]1CCCC[C@H]1n1cc(-c2ccccc2)nn1)c1ccccc1. The van der Waals surface area contributed by atoms with E-state index in [2.05, 4.69) is 15.0 Å². The molecular formula is C20H22N4O2S. The molecule has 0 radical (unpaired) electrons. The molecule has 1 N–H and O–H groups in total. The molecule has 0 aliphatic heterocycles. The van der Waals surface area contributed by atoms with Crippen molar-refractivity contribution in [3.05, 3.63) is 66.9 Å². The molecule has 2 aromatic carbocycles. The topological polar surface area (TPSA) is 76.9 Å². The zero-order valence-electron chi connectivity index (χ0n) is 14.9. The minimum atomic E-state index is -3.56. The largest absolute Gasteiger partial charge is 0.247 e. The zero-order valence-corrected chi connectivity index (χ0v) is 15.7. The number of hydrogen-bond donors (Lipinski definition) is 1. The molecule has 4 rings (SSSR count). The Balaban J connectivity index is 1.57. The summed E-state index contributed by atoms with van der Waals surface area (Å²) in [6.45, 7) is 0. The third kappa shape index (κ3) is 3.94. The van der Waals surface area contributed by atoms with Crippen LogP contribution in [-0.2, 0) is 10.0 Å². The van der Waals surface area contributed by atoms with Crippen molar-refractivity contribution in [1.29, 1.82) is 0 Å². The predicted octanol–water partition coefficient (Wildman–Crippen LogP) is 3.41. The van der Waals surface area contributed by atoms with Crippen molar-refractivity contribution in [3.8, 4) is 11.3 Å². The van der Waals surface area contributed by atoms with Crippen molar-refractivity contribution < 1.29 is 8.42 Å². The fraction of sp³-hybridized carbons (Fsp3) is 0.300. The molecule has 1 heterocycles. The maximum atomic E-state index is 12.7. The molecule has 1 saturated carbocycles. The van der Waals surface area contributed by atoms with Gasteiger partial charge in [-0.15, -0.1) is 5.10 Å². The number of rotatable bonds is 5. The first-order chi connectivity index (χ1) is 13.1. The van der Waals surface area contributed by atoms with E-state index in [1.54, 1.807) is 24.3 Å². The van der Waals surface area contributed by atoms with Gasteiger partial charge in [0, 0.05) is 11.6 Å². The van der Waals surface area contributed by atoms with Gasteiger partial charge in [0.25, 0.3) is 0 Å². The van der Waals surface area contributed by atoms with Gasteiger partial charge in [-0.2, -0.15) is 0 Å². The highest BCUT2D eigenvalue weighted by atomic mass is 32.2. The summed E-state index contributed by atoms with van der Waals surface area (Å²) in [4.78, 5) is 0.290. The van der Waals surface area contributed by atoms with Crippen molar-refractivity contribution in [2.75, 3.05) is 0 Å². The molecule has 27 heavy (non-hydrogen) atoms. The molecule has 0 bridgehead atoms. The maximum absolute atomic E-state index is 12.7. The van der Waals surface area contributed by atoms with Crippen LogP contribution in [0.1, 0.15) is 31.7 Å². The molecule has 0 unspecified atom stereocenters. The van der Waals surface area contributed by atoms with Gasteiger partial charge in [-0.3, -0.25) is 0 Å². The van der Waals surface area contributed by atoms with Crippen LogP contribution in [0.25, 0.3) is 11.3 Å².